The number of nitriles is 1. The minimum absolute atomic E-state index is 0.667. The van der Waals surface area contributed by atoms with Crippen molar-refractivity contribution in [2.45, 2.75) is 17.8 Å². The van der Waals surface area contributed by atoms with E-state index < -0.39 is 0 Å². The van der Waals surface area contributed by atoms with Crippen LogP contribution in [0.2, 0.25) is 0 Å². The zero-order valence-corrected chi connectivity index (χ0v) is 15.2. The molecule has 0 bridgehead atoms. The Hall–Kier alpha value is -3.04. The van der Waals surface area contributed by atoms with Gasteiger partial charge in [-0.05, 0) is 48.4 Å². The number of thioether (sulfide) groups is 1. The van der Waals surface area contributed by atoms with Crippen molar-refractivity contribution in [3.05, 3.63) is 65.2 Å². The van der Waals surface area contributed by atoms with Gasteiger partial charge in [0.25, 0.3) is 0 Å². The summed E-state index contributed by atoms with van der Waals surface area (Å²) in [7, 11) is 1.67. The van der Waals surface area contributed by atoms with Gasteiger partial charge in [-0.2, -0.15) is 5.26 Å². The fourth-order valence-electron chi connectivity index (χ4n) is 2.95. The summed E-state index contributed by atoms with van der Waals surface area (Å²) in [6.45, 7) is 2.08. The molecule has 0 unspecified atom stereocenters. The largest absolute Gasteiger partial charge is 0.497 e. The summed E-state index contributed by atoms with van der Waals surface area (Å²) < 4.78 is 7.46. The molecule has 4 aromatic rings. The predicted molar refractivity (Wildman–Crippen MR) is 103 cm³/mol. The van der Waals surface area contributed by atoms with Gasteiger partial charge in [0, 0.05) is 17.2 Å². The smallest absolute Gasteiger partial charge is 0.196 e. The van der Waals surface area contributed by atoms with Crippen molar-refractivity contribution in [1.29, 1.82) is 5.26 Å². The molecule has 0 N–H and O–H groups in total. The normalized spacial score (nSPS) is 11.0. The van der Waals surface area contributed by atoms with E-state index in [4.69, 9.17) is 10.00 Å². The highest BCUT2D eigenvalue weighted by Gasteiger charge is 2.12. The molecular formula is C20H16N4OS. The first kappa shape index (κ1) is 16.4. The van der Waals surface area contributed by atoms with E-state index in [0.717, 1.165) is 44.3 Å². The number of nitrogens with zero attached hydrogens (tertiary/aromatic N) is 4. The molecule has 5 nitrogen and oxygen atoms in total. The van der Waals surface area contributed by atoms with E-state index in [1.807, 2.05) is 42.5 Å². The van der Waals surface area contributed by atoms with Crippen LogP contribution >= 0.6 is 11.8 Å². The predicted octanol–water partition coefficient (Wildman–Crippen LogP) is 4.36. The monoisotopic (exact) mass is 360 g/mol. The van der Waals surface area contributed by atoms with Crippen LogP contribution in [0.5, 0.6) is 5.75 Å². The third kappa shape index (κ3) is 2.87. The number of pyridine rings is 1. The maximum atomic E-state index is 8.91. The molecular weight excluding hydrogens is 344 g/mol. The minimum atomic E-state index is 0.667. The van der Waals surface area contributed by atoms with E-state index >= 15 is 0 Å². The van der Waals surface area contributed by atoms with Crippen LogP contribution < -0.4 is 4.74 Å². The highest BCUT2D eigenvalue weighted by atomic mass is 32.2. The maximum absolute atomic E-state index is 8.91. The third-order valence-electron chi connectivity index (χ3n) is 4.33. The number of benzene rings is 2. The lowest BCUT2D eigenvalue weighted by molar-refractivity contribution is 0.415. The molecule has 2 aromatic carbocycles. The number of fused-ring (bicyclic) bond motifs is 3. The Morgan fingerprint density at radius 2 is 1.92 bits per heavy atom. The van der Waals surface area contributed by atoms with Gasteiger partial charge in [-0.25, -0.2) is 0 Å². The summed E-state index contributed by atoms with van der Waals surface area (Å²) in [6.07, 6.45) is 0. The average Bonchev–Trinajstić information content (AvgIpc) is 3.09. The molecule has 0 fully saturated rings. The van der Waals surface area contributed by atoms with Crippen molar-refractivity contribution in [2.24, 2.45) is 0 Å². The lowest BCUT2D eigenvalue weighted by Crippen LogP contribution is -1.94. The summed E-state index contributed by atoms with van der Waals surface area (Å²) in [5, 5.41) is 19.6. The second-order valence-electron chi connectivity index (χ2n) is 5.98. The number of aryl methyl sites for hydroxylation is 1. The first-order chi connectivity index (χ1) is 12.7. The van der Waals surface area contributed by atoms with Crippen molar-refractivity contribution in [3.8, 4) is 11.8 Å². The van der Waals surface area contributed by atoms with Gasteiger partial charge in [-0.15, -0.1) is 10.2 Å². The Morgan fingerprint density at radius 3 is 2.65 bits per heavy atom. The number of hydrogen-bond acceptors (Lipinski definition) is 5. The van der Waals surface area contributed by atoms with Crippen LogP contribution in [-0.4, -0.2) is 21.7 Å². The number of methoxy groups -OCH3 is 1. The van der Waals surface area contributed by atoms with Gasteiger partial charge in [-0.3, -0.25) is 4.40 Å². The van der Waals surface area contributed by atoms with E-state index in [1.165, 1.54) is 0 Å². The second kappa shape index (κ2) is 6.70. The average molecular weight is 360 g/mol. The van der Waals surface area contributed by atoms with Crippen LogP contribution in [0.25, 0.3) is 16.6 Å². The molecule has 0 amide bonds. The zero-order chi connectivity index (χ0) is 18.1. The van der Waals surface area contributed by atoms with Crippen LogP contribution in [0, 0.1) is 18.3 Å². The lowest BCUT2D eigenvalue weighted by atomic mass is 10.1. The zero-order valence-electron chi connectivity index (χ0n) is 14.4. The minimum Gasteiger partial charge on any atom is -0.497 e. The molecule has 2 aromatic heterocycles. The molecule has 0 radical (unpaired) electrons. The number of rotatable bonds is 4. The van der Waals surface area contributed by atoms with E-state index in [9.17, 15) is 0 Å². The number of ether oxygens (including phenoxy) is 1. The molecule has 0 aliphatic rings. The second-order valence-corrected chi connectivity index (χ2v) is 6.93. The van der Waals surface area contributed by atoms with Crippen molar-refractivity contribution < 1.29 is 4.74 Å². The Balaban J connectivity index is 1.75. The van der Waals surface area contributed by atoms with Gasteiger partial charge in [0.05, 0.1) is 24.3 Å². The molecule has 0 spiro atoms. The van der Waals surface area contributed by atoms with Crippen LogP contribution in [0.3, 0.4) is 0 Å². The Morgan fingerprint density at radius 1 is 1.12 bits per heavy atom. The van der Waals surface area contributed by atoms with Crippen molar-refractivity contribution >= 4 is 28.3 Å². The van der Waals surface area contributed by atoms with Crippen LogP contribution in [0.15, 0.2) is 53.7 Å². The molecule has 26 heavy (non-hydrogen) atoms. The van der Waals surface area contributed by atoms with Crippen molar-refractivity contribution in [1.82, 2.24) is 14.6 Å². The summed E-state index contributed by atoms with van der Waals surface area (Å²) >= 11 is 1.62. The van der Waals surface area contributed by atoms with Crippen LogP contribution in [0.1, 0.15) is 16.7 Å². The molecule has 0 atom stereocenters. The van der Waals surface area contributed by atoms with Gasteiger partial charge in [-0.1, -0.05) is 23.9 Å². The van der Waals surface area contributed by atoms with Crippen molar-refractivity contribution in [3.63, 3.8) is 0 Å². The molecule has 0 saturated carbocycles. The standard InChI is InChI=1S/C20H16N4OS/c1-13-9-19-22-23-20(26-12-15-5-3-14(11-21)4-6-15)24(19)18-10-16(25-2)7-8-17(13)18/h3-10H,12H2,1-2H3. The third-order valence-corrected chi connectivity index (χ3v) is 5.33. The van der Waals surface area contributed by atoms with Gasteiger partial charge in [0.1, 0.15) is 5.75 Å². The topological polar surface area (TPSA) is 63.2 Å². The molecule has 0 aliphatic heterocycles. The first-order valence-electron chi connectivity index (χ1n) is 8.14. The molecule has 128 valence electrons. The fourth-order valence-corrected chi connectivity index (χ4v) is 3.85. The Bertz CT molecular complexity index is 1140. The fraction of sp³-hybridized carbons (Fsp3) is 0.150. The Labute approximate surface area is 155 Å². The SMILES string of the molecule is COc1ccc2c(C)cc3nnc(SCc4ccc(C#N)cc4)n3c2c1. The quantitative estimate of drug-likeness (QED) is 0.506. The van der Waals surface area contributed by atoms with E-state index in [0.29, 0.717) is 5.56 Å². The lowest BCUT2D eigenvalue weighted by Gasteiger charge is -2.09. The Kier molecular flexibility index (Phi) is 4.23. The van der Waals surface area contributed by atoms with Crippen molar-refractivity contribution in [2.75, 3.05) is 7.11 Å². The molecule has 0 saturated heterocycles. The van der Waals surface area contributed by atoms with Gasteiger partial charge in [0.2, 0.25) is 0 Å². The summed E-state index contributed by atoms with van der Waals surface area (Å²) in [4.78, 5) is 0. The number of aromatic nitrogens is 3. The van der Waals surface area contributed by atoms with E-state index in [2.05, 4.69) is 33.7 Å². The summed E-state index contributed by atoms with van der Waals surface area (Å²) in [5.41, 5.74) is 4.82. The maximum Gasteiger partial charge on any atom is 0.196 e. The van der Waals surface area contributed by atoms with E-state index in [1.54, 1.807) is 18.9 Å². The summed E-state index contributed by atoms with van der Waals surface area (Å²) in [6, 6.07) is 17.9. The highest BCUT2D eigenvalue weighted by Crippen LogP contribution is 2.29. The van der Waals surface area contributed by atoms with E-state index in [-0.39, 0.29) is 0 Å². The van der Waals surface area contributed by atoms with Gasteiger partial charge >= 0.3 is 0 Å². The summed E-state index contributed by atoms with van der Waals surface area (Å²) in [5.74, 6) is 1.56. The molecule has 6 heteroatoms. The first-order valence-corrected chi connectivity index (χ1v) is 9.12. The molecule has 0 aliphatic carbocycles. The van der Waals surface area contributed by atoms with Crippen LogP contribution in [-0.2, 0) is 5.75 Å². The molecule has 4 rings (SSSR count). The number of hydrogen-bond donors (Lipinski definition) is 0. The molecule has 2 heterocycles. The van der Waals surface area contributed by atoms with Gasteiger partial charge < -0.3 is 4.74 Å². The highest BCUT2D eigenvalue weighted by molar-refractivity contribution is 7.98. The van der Waals surface area contributed by atoms with Gasteiger partial charge in [0.15, 0.2) is 10.8 Å². The van der Waals surface area contributed by atoms with Crippen LogP contribution in [0.4, 0.5) is 0 Å².